The van der Waals surface area contributed by atoms with Crippen LogP contribution in [0.4, 0.5) is 5.69 Å². The standard InChI is InChI=1S/C10H10N2O3/c1-7-6-8(10(13)4-5-11)2-3-9(7)12(14)15/h2-3,6,10,13H,4H2,1H3. The van der Waals surface area contributed by atoms with Crippen LogP contribution in [0.25, 0.3) is 0 Å². The Morgan fingerprint density at radius 1 is 1.67 bits per heavy atom. The first-order valence-corrected chi connectivity index (χ1v) is 4.36. The minimum atomic E-state index is -0.880. The number of nitrogens with zero attached hydrogens (tertiary/aromatic N) is 2. The number of rotatable bonds is 3. The highest BCUT2D eigenvalue weighted by atomic mass is 16.6. The van der Waals surface area contributed by atoms with Crippen LogP contribution in [-0.4, -0.2) is 10.0 Å². The van der Waals surface area contributed by atoms with Gasteiger partial charge >= 0.3 is 0 Å². The molecule has 0 saturated heterocycles. The van der Waals surface area contributed by atoms with E-state index in [0.717, 1.165) is 0 Å². The second-order valence-electron chi connectivity index (χ2n) is 3.18. The van der Waals surface area contributed by atoms with Gasteiger partial charge in [0.15, 0.2) is 0 Å². The Bertz CT molecular complexity index is 423. The zero-order valence-corrected chi connectivity index (χ0v) is 8.17. The van der Waals surface area contributed by atoms with Crippen LogP contribution < -0.4 is 0 Å². The zero-order chi connectivity index (χ0) is 11.4. The summed E-state index contributed by atoms with van der Waals surface area (Å²) >= 11 is 0. The van der Waals surface area contributed by atoms with E-state index in [2.05, 4.69) is 0 Å². The van der Waals surface area contributed by atoms with Gasteiger partial charge in [-0.3, -0.25) is 10.1 Å². The molecule has 0 aliphatic carbocycles. The second kappa shape index (κ2) is 4.53. The maximum Gasteiger partial charge on any atom is 0.272 e. The number of hydrogen-bond donors (Lipinski definition) is 1. The molecule has 0 aliphatic heterocycles. The van der Waals surface area contributed by atoms with E-state index in [9.17, 15) is 15.2 Å². The molecule has 1 aromatic rings. The molecular weight excluding hydrogens is 196 g/mol. The van der Waals surface area contributed by atoms with Crippen molar-refractivity contribution >= 4 is 5.69 Å². The summed E-state index contributed by atoms with van der Waals surface area (Å²) in [5.74, 6) is 0. The number of benzene rings is 1. The lowest BCUT2D eigenvalue weighted by Gasteiger charge is -2.07. The van der Waals surface area contributed by atoms with E-state index in [1.807, 2.05) is 6.07 Å². The molecule has 1 aromatic carbocycles. The summed E-state index contributed by atoms with van der Waals surface area (Å²) in [5, 5.41) is 28.4. The van der Waals surface area contributed by atoms with E-state index < -0.39 is 11.0 Å². The molecule has 1 unspecified atom stereocenters. The number of nitro benzene ring substituents is 1. The molecule has 1 atom stereocenters. The smallest absolute Gasteiger partial charge is 0.272 e. The van der Waals surface area contributed by atoms with Crippen molar-refractivity contribution in [2.75, 3.05) is 0 Å². The number of aryl methyl sites for hydroxylation is 1. The number of aliphatic hydroxyl groups excluding tert-OH is 1. The molecule has 78 valence electrons. The third kappa shape index (κ3) is 2.51. The van der Waals surface area contributed by atoms with Crippen molar-refractivity contribution in [3.63, 3.8) is 0 Å². The van der Waals surface area contributed by atoms with Gasteiger partial charge in [-0.05, 0) is 24.6 Å². The first-order valence-electron chi connectivity index (χ1n) is 4.36. The lowest BCUT2D eigenvalue weighted by atomic mass is 10.0. The minimum Gasteiger partial charge on any atom is -0.387 e. The van der Waals surface area contributed by atoms with E-state index in [-0.39, 0.29) is 12.1 Å². The summed E-state index contributed by atoms with van der Waals surface area (Å²) in [7, 11) is 0. The fourth-order valence-electron chi connectivity index (χ4n) is 1.30. The topological polar surface area (TPSA) is 87.2 Å². The molecule has 1 N–H and O–H groups in total. The van der Waals surface area contributed by atoms with Crippen LogP contribution in [0.5, 0.6) is 0 Å². The van der Waals surface area contributed by atoms with Crippen LogP contribution in [0.2, 0.25) is 0 Å². The molecule has 15 heavy (non-hydrogen) atoms. The molecule has 1 rings (SSSR count). The summed E-state index contributed by atoms with van der Waals surface area (Å²) in [6.07, 6.45) is -0.897. The molecule has 5 nitrogen and oxygen atoms in total. The van der Waals surface area contributed by atoms with Crippen molar-refractivity contribution in [2.24, 2.45) is 0 Å². The first-order chi connectivity index (χ1) is 7.06. The Labute approximate surface area is 86.7 Å². The highest BCUT2D eigenvalue weighted by molar-refractivity contribution is 5.42. The van der Waals surface area contributed by atoms with E-state index >= 15 is 0 Å². The Hall–Kier alpha value is -1.93. The summed E-state index contributed by atoms with van der Waals surface area (Å²) in [6, 6.07) is 6.17. The van der Waals surface area contributed by atoms with Gasteiger partial charge in [-0.1, -0.05) is 0 Å². The lowest BCUT2D eigenvalue weighted by Crippen LogP contribution is -1.98. The van der Waals surface area contributed by atoms with Crippen LogP contribution in [0.3, 0.4) is 0 Å². The second-order valence-corrected chi connectivity index (χ2v) is 3.18. The van der Waals surface area contributed by atoms with Crippen molar-refractivity contribution in [3.8, 4) is 6.07 Å². The predicted octanol–water partition coefficient (Wildman–Crippen LogP) is 1.85. The van der Waals surface area contributed by atoms with E-state index in [1.54, 1.807) is 6.92 Å². The molecular formula is C10H10N2O3. The maximum atomic E-state index is 10.5. The Morgan fingerprint density at radius 2 is 2.33 bits per heavy atom. The van der Waals surface area contributed by atoms with E-state index in [0.29, 0.717) is 11.1 Å². The Morgan fingerprint density at radius 3 is 2.80 bits per heavy atom. The average molecular weight is 206 g/mol. The Kier molecular flexibility index (Phi) is 3.37. The quantitative estimate of drug-likeness (QED) is 0.603. The SMILES string of the molecule is Cc1cc(C(O)CC#N)ccc1[N+](=O)[O-]. The van der Waals surface area contributed by atoms with Gasteiger partial charge in [-0.2, -0.15) is 5.26 Å². The number of nitriles is 1. The van der Waals surface area contributed by atoms with E-state index in [4.69, 9.17) is 5.26 Å². The van der Waals surface area contributed by atoms with E-state index in [1.165, 1.54) is 18.2 Å². The summed E-state index contributed by atoms with van der Waals surface area (Å²) in [5.41, 5.74) is 1.03. The predicted molar refractivity (Wildman–Crippen MR) is 53.0 cm³/mol. The minimum absolute atomic E-state index is 0.0166. The maximum absolute atomic E-state index is 10.5. The third-order valence-electron chi connectivity index (χ3n) is 2.09. The molecule has 0 spiro atoms. The normalized spacial score (nSPS) is 11.8. The van der Waals surface area contributed by atoms with Crippen LogP contribution >= 0.6 is 0 Å². The summed E-state index contributed by atoms with van der Waals surface area (Å²) in [6.45, 7) is 1.60. The van der Waals surface area contributed by atoms with Gasteiger partial charge in [0.25, 0.3) is 5.69 Å². The van der Waals surface area contributed by atoms with Gasteiger partial charge in [0.2, 0.25) is 0 Å². The van der Waals surface area contributed by atoms with Crippen molar-refractivity contribution in [3.05, 3.63) is 39.4 Å². The van der Waals surface area contributed by atoms with Gasteiger partial charge in [-0.15, -0.1) is 0 Å². The van der Waals surface area contributed by atoms with Crippen LogP contribution in [-0.2, 0) is 0 Å². The molecule has 0 fully saturated rings. The van der Waals surface area contributed by atoms with Crippen molar-refractivity contribution < 1.29 is 10.0 Å². The Balaban J connectivity index is 3.02. The first kappa shape index (κ1) is 11.1. The van der Waals surface area contributed by atoms with Gasteiger partial charge in [0.05, 0.1) is 23.5 Å². The number of hydrogen-bond acceptors (Lipinski definition) is 4. The molecule has 0 saturated carbocycles. The molecule has 0 heterocycles. The molecule has 0 aromatic heterocycles. The van der Waals surface area contributed by atoms with Crippen molar-refractivity contribution in [1.82, 2.24) is 0 Å². The zero-order valence-electron chi connectivity index (χ0n) is 8.17. The number of nitro groups is 1. The van der Waals surface area contributed by atoms with Gasteiger partial charge in [-0.25, -0.2) is 0 Å². The molecule has 0 aliphatic rings. The fraction of sp³-hybridized carbons (Fsp3) is 0.300. The highest BCUT2D eigenvalue weighted by Gasteiger charge is 2.13. The van der Waals surface area contributed by atoms with Crippen molar-refractivity contribution in [2.45, 2.75) is 19.4 Å². The molecule has 0 amide bonds. The van der Waals surface area contributed by atoms with Crippen LogP contribution in [0.15, 0.2) is 18.2 Å². The molecule has 5 heteroatoms. The summed E-state index contributed by atoms with van der Waals surface area (Å²) in [4.78, 5) is 10.0. The van der Waals surface area contributed by atoms with Gasteiger partial charge in [0.1, 0.15) is 0 Å². The van der Waals surface area contributed by atoms with Gasteiger partial charge in [0, 0.05) is 11.6 Å². The van der Waals surface area contributed by atoms with Crippen LogP contribution in [0, 0.1) is 28.4 Å². The highest BCUT2D eigenvalue weighted by Crippen LogP contribution is 2.23. The van der Waals surface area contributed by atoms with Gasteiger partial charge < -0.3 is 5.11 Å². The average Bonchev–Trinajstić information content (AvgIpc) is 2.17. The molecule has 0 bridgehead atoms. The largest absolute Gasteiger partial charge is 0.387 e. The van der Waals surface area contributed by atoms with Crippen LogP contribution in [0.1, 0.15) is 23.7 Å². The number of aliphatic hydroxyl groups is 1. The summed E-state index contributed by atoms with van der Waals surface area (Å²) < 4.78 is 0. The lowest BCUT2D eigenvalue weighted by molar-refractivity contribution is -0.385. The third-order valence-corrected chi connectivity index (χ3v) is 2.09. The molecule has 0 radical (unpaired) electrons. The monoisotopic (exact) mass is 206 g/mol. The fourth-order valence-corrected chi connectivity index (χ4v) is 1.30. The van der Waals surface area contributed by atoms with Crippen molar-refractivity contribution in [1.29, 1.82) is 5.26 Å².